The summed E-state index contributed by atoms with van der Waals surface area (Å²) in [6.07, 6.45) is 7.08. The molecule has 164 valence electrons. The fourth-order valence-corrected chi connectivity index (χ4v) is 3.25. The standard InChI is InChI=1S/C16H19NO4.C8H7N.H2O/c18-15(19)16(20)21-12-17-10-8-14(9-11-17)7-6-13-4-2-1-3-5-13;1-2-4-8-7(3-1)5-6-9-8;/h1-5,8H,6-7,9-12H2,(H,18,19);1-6,9H;1H2. The average molecular weight is 424 g/mol. The van der Waals surface area contributed by atoms with E-state index in [9.17, 15) is 9.59 Å². The molecule has 0 saturated heterocycles. The van der Waals surface area contributed by atoms with E-state index >= 15 is 0 Å². The molecule has 0 unspecified atom stereocenters. The van der Waals surface area contributed by atoms with Crippen LogP contribution in [0.4, 0.5) is 0 Å². The Morgan fingerprint density at radius 1 is 1.00 bits per heavy atom. The minimum Gasteiger partial charge on any atom is -0.473 e. The van der Waals surface area contributed by atoms with Gasteiger partial charge < -0.3 is 20.3 Å². The highest BCUT2D eigenvalue weighted by Gasteiger charge is 2.17. The van der Waals surface area contributed by atoms with Crippen LogP contribution in [0.2, 0.25) is 0 Å². The molecular formula is C24H28N2O5. The molecular weight excluding hydrogens is 396 g/mol. The van der Waals surface area contributed by atoms with Crippen molar-refractivity contribution in [2.45, 2.75) is 19.3 Å². The van der Waals surface area contributed by atoms with Crippen molar-refractivity contribution in [1.82, 2.24) is 9.88 Å². The lowest BCUT2D eigenvalue weighted by atomic mass is 10.00. The van der Waals surface area contributed by atoms with E-state index in [1.807, 2.05) is 41.4 Å². The normalized spacial score (nSPS) is 13.4. The summed E-state index contributed by atoms with van der Waals surface area (Å²) < 4.78 is 4.67. The first-order valence-corrected chi connectivity index (χ1v) is 9.98. The van der Waals surface area contributed by atoms with Crippen molar-refractivity contribution in [3.8, 4) is 0 Å². The summed E-state index contributed by atoms with van der Waals surface area (Å²) in [5.41, 5.74) is 3.94. The van der Waals surface area contributed by atoms with Gasteiger partial charge in [0.1, 0.15) is 6.73 Å². The summed E-state index contributed by atoms with van der Waals surface area (Å²) in [5, 5.41) is 9.70. The average Bonchev–Trinajstić information content (AvgIpc) is 3.27. The van der Waals surface area contributed by atoms with Crippen LogP contribution in [0.5, 0.6) is 0 Å². The van der Waals surface area contributed by atoms with E-state index in [0.29, 0.717) is 6.54 Å². The molecule has 0 atom stereocenters. The number of carboxylic acid groups (broad SMARTS) is 1. The van der Waals surface area contributed by atoms with E-state index in [0.717, 1.165) is 25.8 Å². The lowest BCUT2D eigenvalue weighted by molar-refractivity contribution is -0.166. The minimum absolute atomic E-state index is 0. The number of H-pyrrole nitrogens is 1. The molecule has 1 aromatic heterocycles. The second-order valence-electron chi connectivity index (χ2n) is 7.11. The molecule has 2 aromatic carbocycles. The Hall–Kier alpha value is -3.42. The van der Waals surface area contributed by atoms with Crippen LogP contribution < -0.4 is 0 Å². The van der Waals surface area contributed by atoms with Crippen molar-refractivity contribution in [3.05, 3.63) is 84.1 Å². The highest BCUT2D eigenvalue weighted by molar-refractivity contribution is 6.28. The summed E-state index contributed by atoms with van der Waals surface area (Å²) in [4.78, 5) is 26.2. The van der Waals surface area contributed by atoms with Gasteiger partial charge in [-0.05, 0) is 42.3 Å². The van der Waals surface area contributed by atoms with Gasteiger partial charge in [-0.2, -0.15) is 0 Å². The molecule has 0 bridgehead atoms. The first-order valence-electron chi connectivity index (χ1n) is 9.98. The van der Waals surface area contributed by atoms with E-state index in [-0.39, 0.29) is 12.2 Å². The second-order valence-corrected chi connectivity index (χ2v) is 7.11. The Balaban J connectivity index is 0.000000283. The Morgan fingerprint density at radius 3 is 2.42 bits per heavy atom. The van der Waals surface area contributed by atoms with E-state index < -0.39 is 11.9 Å². The second kappa shape index (κ2) is 12.3. The van der Waals surface area contributed by atoms with Gasteiger partial charge in [0.15, 0.2) is 0 Å². The first kappa shape index (κ1) is 23.9. The predicted molar refractivity (Wildman–Crippen MR) is 120 cm³/mol. The monoisotopic (exact) mass is 424 g/mol. The van der Waals surface area contributed by atoms with E-state index in [4.69, 9.17) is 5.11 Å². The SMILES string of the molecule is O.O=C(O)C(=O)OCN1CC=C(CCc2ccccc2)CC1.c1ccc2[nH]ccc2c1. The molecule has 7 nitrogen and oxygen atoms in total. The number of fused-ring (bicyclic) bond motifs is 1. The number of ether oxygens (including phenoxy) is 1. The zero-order chi connectivity index (χ0) is 21.2. The minimum atomic E-state index is -1.55. The highest BCUT2D eigenvalue weighted by Crippen LogP contribution is 2.17. The van der Waals surface area contributed by atoms with Crippen LogP contribution in [0.1, 0.15) is 18.4 Å². The van der Waals surface area contributed by atoms with Crippen molar-refractivity contribution < 1.29 is 24.9 Å². The number of hydrogen-bond acceptors (Lipinski definition) is 4. The summed E-state index contributed by atoms with van der Waals surface area (Å²) in [5.74, 6) is -2.75. The molecule has 0 fully saturated rings. The largest absolute Gasteiger partial charge is 0.473 e. The van der Waals surface area contributed by atoms with Crippen molar-refractivity contribution in [2.75, 3.05) is 19.8 Å². The van der Waals surface area contributed by atoms with Gasteiger partial charge in [0, 0.05) is 24.8 Å². The highest BCUT2D eigenvalue weighted by atomic mass is 16.6. The number of carbonyl (C=O) groups is 2. The van der Waals surface area contributed by atoms with Crippen LogP contribution in [0.15, 0.2) is 78.5 Å². The van der Waals surface area contributed by atoms with Crippen molar-refractivity contribution >= 4 is 22.8 Å². The molecule has 0 saturated carbocycles. The van der Waals surface area contributed by atoms with Crippen molar-refractivity contribution in [2.24, 2.45) is 0 Å². The number of aromatic amines is 1. The van der Waals surface area contributed by atoms with Gasteiger partial charge >= 0.3 is 11.9 Å². The van der Waals surface area contributed by atoms with Crippen LogP contribution in [-0.2, 0) is 20.7 Å². The number of benzene rings is 2. The molecule has 1 aliphatic rings. The third-order valence-corrected chi connectivity index (χ3v) is 4.98. The molecule has 0 aliphatic carbocycles. The smallest absolute Gasteiger partial charge is 0.418 e. The van der Waals surface area contributed by atoms with Gasteiger partial charge in [-0.25, -0.2) is 9.59 Å². The maximum absolute atomic E-state index is 10.8. The van der Waals surface area contributed by atoms with Crippen molar-refractivity contribution in [3.63, 3.8) is 0 Å². The molecule has 2 heterocycles. The van der Waals surface area contributed by atoms with Gasteiger partial charge in [0.05, 0.1) is 0 Å². The van der Waals surface area contributed by atoms with E-state index in [1.54, 1.807) is 0 Å². The summed E-state index contributed by atoms with van der Waals surface area (Å²) in [6, 6.07) is 20.6. The molecule has 0 spiro atoms. The van der Waals surface area contributed by atoms with Crippen molar-refractivity contribution in [1.29, 1.82) is 0 Å². The molecule has 1 aliphatic heterocycles. The first-order chi connectivity index (χ1) is 14.6. The number of para-hydroxylation sites is 1. The fraction of sp³-hybridized carbons (Fsp3) is 0.250. The van der Waals surface area contributed by atoms with Gasteiger partial charge in [-0.1, -0.05) is 60.2 Å². The van der Waals surface area contributed by atoms with Crippen LogP contribution in [0.25, 0.3) is 10.9 Å². The molecule has 4 rings (SSSR count). The number of aliphatic carboxylic acids is 1. The number of nitrogens with one attached hydrogen (secondary N) is 1. The number of carbonyl (C=O) groups excluding carboxylic acids is 1. The van der Waals surface area contributed by atoms with Gasteiger partial charge in [0.2, 0.25) is 0 Å². The lowest BCUT2D eigenvalue weighted by Crippen LogP contribution is -2.33. The van der Waals surface area contributed by atoms with Gasteiger partial charge in [-0.15, -0.1) is 0 Å². The fourth-order valence-electron chi connectivity index (χ4n) is 3.25. The van der Waals surface area contributed by atoms with Crippen LogP contribution in [0.3, 0.4) is 0 Å². The van der Waals surface area contributed by atoms with E-state index in [1.165, 1.54) is 22.0 Å². The zero-order valence-corrected chi connectivity index (χ0v) is 17.3. The Bertz CT molecular complexity index is 967. The number of esters is 1. The Morgan fingerprint density at radius 2 is 1.74 bits per heavy atom. The van der Waals surface area contributed by atoms with Crippen LogP contribution in [-0.4, -0.2) is 52.2 Å². The number of aromatic nitrogens is 1. The third kappa shape index (κ3) is 7.73. The lowest BCUT2D eigenvalue weighted by Gasteiger charge is -2.25. The van der Waals surface area contributed by atoms with Gasteiger partial charge in [0.25, 0.3) is 0 Å². The maximum atomic E-state index is 10.8. The number of hydrogen-bond donors (Lipinski definition) is 2. The quantitative estimate of drug-likeness (QED) is 0.371. The van der Waals surface area contributed by atoms with Crippen LogP contribution in [0, 0.1) is 0 Å². The molecule has 0 radical (unpaired) electrons. The molecule has 7 heteroatoms. The number of carboxylic acids is 1. The molecule has 3 aromatic rings. The van der Waals surface area contributed by atoms with Gasteiger partial charge in [-0.3, -0.25) is 4.90 Å². The third-order valence-electron chi connectivity index (χ3n) is 4.98. The Kier molecular flexibility index (Phi) is 9.48. The number of rotatable bonds is 5. The maximum Gasteiger partial charge on any atom is 0.418 e. The topological polar surface area (TPSA) is 114 Å². The molecule has 31 heavy (non-hydrogen) atoms. The number of nitrogens with zero attached hydrogens (tertiary/aromatic N) is 1. The predicted octanol–water partition coefficient (Wildman–Crippen LogP) is 3.18. The molecule has 0 amide bonds. The van der Waals surface area contributed by atoms with E-state index in [2.05, 4.69) is 46.1 Å². The summed E-state index contributed by atoms with van der Waals surface area (Å²) >= 11 is 0. The molecule has 4 N–H and O–H groups in total. The number of aryl methyl sites for hydroxylation is 1. The summed E-state index contributed by atoms with van der Waals surface area (Å²) in [6.45, 7) is 1.51. The van der Waals surface area contributed by atoms with Crippen LogP contribution >= 0.6 is 0 Å². The zero-order valence-electron chi connectivity index (χ0n) is 17.3. The summed E-state index contributed by atoms with van der Waals surface area (Å²) in [7, 11) is 0. The Labute approximate surface area is 181 Å².